The highest BCUT2D eigenvalue weighted by atomic mass is 19.1. The van der Waals surface area contributed by atoms with Gasteiger partial charge in [-0.05, 0) is 31.9 Å². The molecule has 0 spiro atoms. The first-order chi connectivity index (χ1) is 8.59. The van der Waals surface area contributed by atoms with E-state index in [0.717, 1.165) is 18.7 Å². The number of benzene rings is 1. The highest BCUT2D eigenvalue weighted by Gasteiger charge is 2.23. The van der Waals surface area contributed by atoms with Gasteiger partial charge in [0.05, 0.1) is 12.6 Å². The molecule has 2 N–H and O–H groups in total. The van der Waals surface area contributed by atoms with E-state index in [1.54, 1.807) is 6.07 Å². The number of nitrogens with zero attached hydrogens (tertiary/aromatic N) is 1. The van der Waals surface area contributed by atoms with Crippen molar-refractivity contribution >= 4 is 5.69 Å². The van der Waals surface area contributed by atoms with Crippen molar-refractivity contribution in [1.82, 2.24) is 0 Å². The number of hydrogen-bond acceptors (Lipinski definition) is 3. The second-order valence-electron chi connectivity index (χ2n) is 5.05. The second-order valence-corrected chi connectivity index (χ2v) is 5.05. The minimum absolute atomic E-state index is 0.0473. The molecule has 100 valence electrons. The summed E-state index contributed by atoms with van der Waals surface area (Å²) in [5.41, 5.74) is 7.45. The predicted molar refractivity (Wildman–Crippen MR) is 71.4 cm³/mol. The molecule has 1 aliphatic rings. The topological polar surface area (TPSA) is 38.5 Å². The van der Waals surface area contributed by atoms with E-state index in [0.29, 0.717) is 24.6 Å². The summed E-state index contributed by atoms with van der Waals surface area (Å²) in [6.07, 6.45) is 1.55. The number of hydrogen-bond donors (Lipinski definition) is 1. The van der Waals surface area contributed by atoms with Crippen molar-refractivity contribution in [3.63, 3.8) is 0 Å². The van der Waals surface area contributed by atoms with Crippen molar-refractivity contribution in [1.29, 1.82) is 0 Å². The first-order valence-electron chi connectivity index (χ1n) is 6.43. The summed E-state index contributed by atoms with van der Waals surface area (Å²) in [5.74, 6) is -0.171. The lowest BCUT2D eigenvalue weighted by atomic mass is 10.0. The molecule has 0 bridgehead atoms. The van der Waals surface area contributed by atoms with Gasteiger partial charge in [0.25, 0.3) is 0 Å². The Hall–Kier alpha value is -1.13. The van der Waals surface area contributed by atoms with Crippen LogP contribution in [-0.4, -0.2) is 32.3 Å². The number of anilines is 1. The molecular formula is C14H21FN2O. The third kappa shape index (κ3) is 2.82. The van der Waals surface area contributed by atoms with E-state index in [1.807, 2.05) is 20.0 Å². The maximum absolute atomic E-state index is 13.9. The molecule has 0 aliphatic carbocycles. The number of likely N-dealkylation sites (N-methyl/N-ethyl adjacent to an activating group) is 1. The average molecular weight is 252 g/mol. The summed E-state index contributed by atoms with van der Waals surface area (Å²) in [5, 5.41) is 0. The van der Waals surface area contributed by atoms with E-state index < -0.39 is 0 Å². The SMILES string of the molecule is CC(N)Cc1c(F)cccc1N(C)C1CCOC1. The number of nitrogens with two attached hydrogens (primary N) is 1. The minimum atomic E-state index is -0.171. The fourth-order valence-electron chi connectivity index (χ4n) is 2.43. The third-order valence-electron chi connectivity index (χ3n) is 3.45. The first-order valence-corrected chi connectivity index (χ1v) is 6.43. The second kappa shape index (κ2) is 5.67. The quantitative estimate of drug-likeness (QED) is 0.890. The lowest BCUT2D eigenvalue weighted by Gasteiger charge is -2.28. The van der Waals surface area contributed by atoms with Crippen LogP contribution in [0.2, 0.25) is 0 Å². The van der Waals surface area contributed by atoms with Crippen LogP contribution in [0.15, 0.2) is 18.2 Å². The zero-order valence-electron chi connectivity index (χ0n) is 11.0. The summed E-state index contributed by atoms with van der Waals surface area (Å²) in [6.45, 7) is 3.40. The van der Waals surface area contributed by atoms with Crippen molar-refractivity contribution in [2.24, 2.45) is 5.73 Å². The van der Waals surface area contributed by atoms with Crippen molar-refractivity contribution < 1.29 is 9.13 Å². The number of halogens is 1. The molecule has 0 saturated carbocycles. The highest BCUT2D eigenvalue weighted by molar-refractivity contribution is 5.55. The summed E-state index contributed by atoms with van der Waals surface area (Å²) in [6, 6.07) is 5.49. The average Bonchev–Trinajstić information content (AvgIpc) is 2.84. The molecule has 3 nitrogen and oxygen atoms in total. The standard InChI is InChI=1S/C14H21FN2O/c1-10(16)8-12-13(15)4-3-5-14(12)17(2)11-6-7-18-9-11/h3-5,10-11H,6-9,16H2,1-2H3. The van der Waals surface area contributed by atoms with Gasteiger partial charge in [-0.15, -0.1) is 0 Å². The Labute approximate surface area is 108 Å². The summed E-state index contributed by atoms with van der Waals surface area (Å²) in [7, 11) is 2.00. The molecule has 1 aliphatic heterocycles. The Kier molecular flexibility index (Phi) is 4.19. The maximum atomic E-state index is 13.9. The van der Waals surface area contributed by atoms with E-state index in [2.05, 4.69) is 4.90 Å². The van der Waals surface area contributed by atoms with Gasteiger partial charge in [-0.2, -0.15) is 0 Å². The van der Waals surface area contributed by atoms with Crippen molar-refractivity contribution in [2.75, 3.05) is 25.2 Å². The zero-order chi connectivity index (χ0) is 13.1. The molecule has 1 heterocycles. The normalized spacial score (nSPS) is 21.0. The van der Waals surface area contributed by atoms with Crippen LogP contribution in [0.1, 0.15) is 18.9 Å². The van der Waals surface area contributed by atoms with Crippen LogP contribution in [0.4, 0.5) is 10.1 Å². The Morgan fingerprint density at radius 3 is 2.94 bits per heavy atom. The lowest BCUT2D eigenvalue weighted by Crippen LogP contribution is -2.33. The van der Waals surface area contributed by atoms with Crippen LogP contribution in [0.25, 0.3) is 0 Å². The zero-order valence-corrected chi connectivity index (χ0v) is 11.0. The minimum Gasteiger partial charge on any atom is -0.379 e. The number of ether oxygens (including phenoxy) is 1. The van der Waals surface area contributed by atoms with Crippen molar-refractivity contribution in [2.45, 2.75) is 31.8 Å². The van der Waals surface area contributed by atoms with E-state index in [4.69, 9.17) is 10.5 Å². The highest BCUT2D eigenvalue weighted by Crippen LogP contribution is 2.27. The van der Waals surface area contributed by atoms with Crippen LogP contribution in [0, 0.1) is 5.82 Å². The molecule has 0 amide bonds. The van der Waals surface area contributed by atoms with Gasteiger partial charge in [0.1, 0.15) is 5.82 Å². The fourth-order valence-corrected chi connectivity index (χ4v) is 2.43. The molecule has 2 unspecified atom stereocenters. The largest absolute Gasteiger partial charge is 0.379 e. The van der Waals surface area contributed by atoms with Gasteiger partial charge < -0.3 is 15.4 Å². The summed E-state index contributed by atoms with van der Waals surface area (Å²) < 4.78 is 19.3. The first kappa shape index (κ1) is 13.3. The van der Waals surface area contributed by atoms with Crippen LogP contribution in [-0.2, 0) is 11.2 Å². The van der Waals surface area contributed by atoms with Crippen LogP contribution >= 0.6 is 0 Å². The molecule has 4 heteroatoms. The van der Waals surface area contributed by atoms with Gasteiger partial charge in [-0.3, -0.25) is 0 Å². The fraction of sp³-hybridized carbons (Fsp3) is 0.571. The third-order valence-corrected chi connectivity index (χ3v) is 3.45. The van der Waals surface area contributed by atoms with E-state index in [-0.39, 0.29) is 11.9 Å². The molecule has 0 radical (unpaired) electrons. The maximum Gasteiger partial charge on any atom is 0.128 e. The van der Waals surface area contributed by atoms with E-state index in [9.17, 15) is 4.39 Å². The molecule has 1 fully saturated rings. The van der Waals surface area contributed by atoms with Crippen LogP contribution < -0.4 is 10.6 Å². The monoisotopic (exact) mass is 252 g/mol. The van der Waals surface area contributed by atoms with Crippen molar-refractivity contribution in [3.05, 3.63) is 29.6 Å². The van der Waals surface area contributed by atoms with Crippen molar-refractivity contribution in [3.8, 4) is 0 Å². The summed E-state index contributed by atoms with van der Waals surface area (Å²) >= 11 is 0. The van der Waals surface area contributed by atoms with Gasteiger partial charge in [0.15, 0.2) is 0 Å². The Morgan fingerprint density at radius 1 is 1.56 bits per heavy atom. The van der Waals surface area contributed by atoms with Gasteiger partial charge in [0.2, 0.25) is 0 Å². The molecule has 0 aromatic heterocycles. The lowest BCUT2D eigenvalue weighted by molar-refractivity contribution is 0.193. The molecule has 1 aromatic rings. The van der Waals surface area contributed by atoms with Gasteiger partial charge in [0, 0.05) is 30.9 Å². The molecule has 1 saturated heterocycles. The Balaban J connectivity index is 2.27. The van der Waals surface area contributed by atoms with Crippen LogP contribution in [0.5, 0.6) is 0 Å². The number of rotatable bonds is 4. The Bertz CT molecular complexity index is 403. The molecule has 2 atom stereocenters. The van der Waals surface area contributed by atoms with Gasteiger partial charge >= 0.3 is 0 Å². The van der Waals surface area contributed by atoms with E-state index in [1.165, 1.54) is 6.07 Å². The van der Waals surface area contributed by atoms with Gasteiger partial charge in [-0.1, -0.05) is 6.07 Å². The summed E-state index contributed by atoms with van der Waals surface area (Å²) in [4.78, 5) is 2.12. The molecule has 18 heavy (non-hydrogen) atoms. The molecule has 1 aromatic carbocycles. The van der Waals surface area contributed by atoms with Gasteiger partial charge in [-0.25, -0.2) is 4.39 Å². The molecule has 2 rings (SSSR count). The molecular weight excluding hydrogens is 231 g/mol. The predicted octanol–water partition coefficient (Wildman–Crippen LogP) is 1.94. The Morgan fingerprint density at radius 2 is 2.33 bits per heavy atom. The van der Waals surface area contributed by atoms with Crippen LogP contribution in [0.3, 0.4) is 0 Å². The smallest absolute Gasteiger partial charge is 0.128 e. The van der Waals surface area contributed by atoms with E-state index >= 15 is 0 Å².